The molecule has 2 N–H and O–H groups in total. The fourth-order valence-electron chi connectivity index (χ4n) is 3.43. The maximum atomic E-state index is 12.6. The number of nitrogens with zero attached hydrogens (tertiary/aromatic N) is 1. The van der Waals surface area contributed by atoms with Crippen LogP contribution in [0.1, 0.15) is 42.1 Å². The largest absolute Gasteiger partial charge is 0.348 e. The average molecular weight is 365 g/mol. The molecule has 5 nitrogen and oxygen atoms in total. The standard InChI is InChI=1S/C22H27N3O2/c1-17-9-7-8-14-25(17)16-21(26)24-20-13-6-5-12-19(20)22(27)23-15-18-10-3-2-4-11-18/h2-6,10-13,17H,7-9,14-16H2,1H3,(H,23,27)(H,24,26). The van der Waals surface area contributed by atoms with Gasteiger partial charge in [-0.15, -0.1) is 0 Å². The highest BCUT2D eigenvalue weighted by atomic mass is 16.2. The van der Waals surface area contributed by atoms with Crippen LogP contribution in [0.2, 0.25) is 0 Å². The van der Waals surface area contributed by atoms with E-state index in [0.29, 0.717) is 30.4 Å². The molecule has 2 aromatic carbocycles. The number of anilines is 1. The molecule has 1 unspecified atom stereocenters. The molecular weight excluding hydrogens is 338 g/mol. The molecule has 1 aliphatic rings. The van der Waals surface area contributed by atoms with E-state index in [1.54, 1.807) is 18.2 Å². The summed E-state index contributed by atoms with van der Waals surface area (Å²) >= 11 is 0. The van der Waals surface area contributed by atoms with Gasteiger partial charge >= 0.3 is 0 Å². The van der Waals surface area contributed by atoms with Crippen LogP contribution in [0.25, 0.3) is 0 Å². The molecule has 1 saturated heterocycles. The van der Waals surface area contributed by atoms with Crippen molar-refractivity contribution >= 4 is 17.5 Å². The number of benzene rings is 2. The zero-order valence-electron chi connectivity index (χ0n) is 15.8. The molecule has 2 amide bonds. The second-order valence-corrected chi connectivity index (χ2v) is 7.08. The molecule has 27 heavy (non-hydrogen) atoms. The summed E-state index contributed by atoms with van der Waals surface area (Å²) in [7, 11) is 0. The third-order valence-electron chi connectivity index (χ3n) is 5.03. The maximum absolute atomic E-state index is 12.6. The number of amides is 2. The molecule has 1 aliphatic heterocycles. The first-order chi connectivity index (χ1) is 13.1. The van der Waals surface area contributed by atoms with E-state index in [9.17, 15) is 9.59 Å². The molecule has 1 fully saturated rings. The van der Waals surface area contributed by atoms with Crippen molar-refractivity contribution in [2.75, 3.05) is 18.4 Å². The van der Waals surface area contributed by atoms with Gasteiger partial charge in [-0.25, -0.2) is 0 Å². The number of hydrogen-bond donors (Lipinski definition) is 2. The summed E-state index contributed by atoms with van der Waals surface area (Å²) in [4.78, 5) is 27.3. The molecular formula is C22H27N3O2. The molecule has 1 atom stereocenters. The van der Waals surface area contributed by atoms with Gasteiger partial charge in [-0.05, 0) is 44.0 Å². The molecule has 0 spiro atoms. The third kappa shape index (κ3) is 5.41. The van der Waals surface area contributed by atoms with Crippen LogP contribution in [0.5, 0.6) is 0 Å². The van der Waals surface area contributed by atoms with E-state index in [4.69, 9.17) is 0 Å². The molecule has 0 bridgehead atoms. The Morgan fingerprint density at radius 3 is 2.56 bits per heavy atom. The van der Waals surface area contributed by atoms with Crippen LogP contribution in [-0.2, 0) is 11.3 Å². The molecule has 2 aromatic rings. The third-order valence-corrected chi connectivity index (χ3v) is 5.03. The summed E-state index contributed by atoms with van der Waals surface area (Å²) in [5, 5.41) is 5.83. The Morgan fingerprint density at radius 1 is 1.04 bits per heavy atom. The Bertz CT molecular complexity index is 776. The van der Waals surface area contributed by atoms with E-state index in [1.165, 1.54) is 6.42 Å². The summed E-state index contributed by atoms with van der Waals surface area (Å²) in [5.74, 6) is -0.270. The predicted octanol–water partition coefficient (Wildman–Crippen LogP) is 3.43. The molecule has 1 heterocycles. The summed E-state index contributed by atoms with van der Waals surface area (Å²) in [6.45, 7) is 3.93. The zero-order chi connectivity index (χ0) is 19.1. The van der Waals surface area contributed by atoms with Gasteiger partial charge in [0, 0.05) is 12.6 Å². The first-order valence-electron chi connectivity index (χ1n) is 9.58. The van der Waals surface area contributed by atoms with Gasteiger partial charge in [0.05, 0.1) is 17.8 Å². The molecule has 0 aromatic heterocycles. The smallest absolute Gasteiger partial charge is 0.253 e. The predicted molar refractivity (Wildman–Crippen MR) is 108 cm³/mol. The van der Waals surface area contributed by atoms with Crippen LogP contribution in [-0.4, -0.2) is 35.8 Å². The number of para-hydroxylation sites is 1. The van der Waals surface area contributed by atoms with Crippen molar-refractivity contribution in [1.29, 1.82) is 0 Å². The van der Waals surface area contributed by atoms with Gasteiger partial charge in [0.2, 0.25) is 5.91 Å². The number of hydrogen-bond acceptors (Lipinski definition) is 3. The molecule has 3 rings (SSSR count). The number of piperidine rings is 1. The fraction of sp³-hybridized carbons (Fsp3) is 0.364. The summed E-state index contributed by atoms with van der Waals surface area (Å²) in [5.41, 5.74) is 2.07. The van der Waals surface area contributed by atoms with E-state index in [-0.39, 0.29) is 11.8 Å². The van der Waals surface area contributed by atoms with E-state index in [2.05, 4.69) is 22.5 Å². The Balaban J connectivity index is 1.61. The van der Waals surface area contributed by atoms with Gasteiger partial charge in [-0.2, -0.15) is 0 Å². The maximum Gasteiger partial charge on any atom is 0.253 e. The van der Waals surface area contributed by atoms with Crippen LogP contribution in [0.15, 0.2) is 54.6 Å². The van der Waals surface area contributed by atoms with Crippen LogP contribution in [0.3, 0.4) is 0 Å². The van der Waals surface area contributed by atoms with Crippen molar-refractivity contribution in [3.63, 3.8) is 0 Å². The van der Waals surface area contributed by atoms with Crippen LogP contribution >= 0.6 is 0 Å². The minimum atomic E-state index is -0.193. The van der Waals surface area contributed by atoms with Crippen LogP contribution in [0, 0.1) is 0 Å². The van der Waals surface area contributed by atoms with Gasteiger partial charge in [0.1, 0.15) is 0 Å². The first-order valence-corrected chi connectivity index (χ1v) is 9.58. The summed E-state index contributed by atoms with van der Waals surface area (Å²) < 4.78 is 0. The normalized spacial score (nSPS) is 17.3. The summed E-state index contributed by atoms with van der Waals surface area (Å²) in [6, 6.07) is 17.3. The fourth-order valence-corrected chi connectivity index (χ4v) is 3.43. The second kappa shape index (κ2) is 9.33. The molecule has 0 saturated carbocycles. The highest BCUT2D eigenvalue weighted by Gasteiger charge is 2.21. The van der Waals surface area contributed by atoms with Gasteiger partial charge in [-0.1, -0.05) is 48.9 Å². The SMILES string of the molecule is CC1CCCCN1CC(=O)Nc1ccccc1C(=O)NCc1ccccc1. The Labute approximate surface area is 160 Å². The zero-order valence-corrected chi connectivity index (χ0v) is 15.8. The quantitative estimate of drug-likeness (QED) is 0.824. The van der Waals surface area contributed by atoms with Crippen molar-refractivity contribution in [3.05, 3.63) is 65.7 Å². The monoisotopic (exact) mass is 365 g/mol. The lowest BCUT2D eigenvalue weighted by atomic mass is 10.0. The minimum absolute atomic E-state index is 0.0768. The number of rotatable bonds is 6. The van der Waals surface area contributed by atoms with Crippen molar-refractivity contribution < 1.29 is 9.59 Å². The van der Waals surface area contributed by atoms with Crippen molar-refractivity contribution in [1.82, 2.24) is 10.2 Å². The molecule has 0 aliphatic carbocycles. The van der Waals surface area contributed by atoms with Crippen molar-refractivity contribution in [3.8, 4) is 0 Å². The lowest BCUT2D eigenvalue weighted by Gasteiger charge is -2.32. The van der Waals surface area contributed by atoms with Gasteiger partial charge < -0.3 is 10.6 Å². The lowest BCUT2D eigenvalue weighted by molar-refractivity contribution is -0.118. The first kappa shape index (κ1) is 19.1. The Kier molecular flexibility index (Phi) is 6.60. The van der Waals surface area contributed by atoms with Crippen LogP contribution in [0.4, 0.5) is 5.69 Å². The molecule has 142 valence electrons. The summed E-state index contributed by atoms with van der Waals surface area (Å²) in [6.07, 6.45) is 3.49. The molecule has 0 radical (unpaired) electrons. The second-order valence-electron chi connectivity index (χ2n) is 7.08. The van der Waals surface area contributed by atoms with E-state index < -0.39 is 0 Å². The number of nitrogens with one attached hydrogen (secondary N) is 2. The van der Waals surface area contributed by atoms with Crippen molar-refractivity contribution in [2.45, 2.75) is 38.8 Å². The van der Waals surface area contributed by atoms with E-state index in [0.717, 1.165) is 24.9 Å². The number of carbonyl (C=O) groups excluding carboxylic acids is 2. The van der Waals surface area contributed by atoms with Gasteiger partial charge in [-0.3, -0.25) is 14.5 Å². The van der Waals surface area contributed by atoms with Crippen molar-refractivity contribution in [2.24, 2.45) is 0 Å². The lowest BCUT2D eigenvalue weighted by Crippen LogP contribution is -2.42. The van der Waals surface area contributed by atoms with Gasteiger partial charge in [0.15, 0.2) is 0 Å². The van der Waals surface area contributed by atoms with E-state index in [1.807, 2.05) is 36.4 Å². The Hall–Kier alpha value is -2.66. The van der Waals surface area contributed by atoms with E-state index >= 15 is 0 Å². The minimum Gasteiger partial charge on any atom is -0.348 e. The number of likely N-dealkylation sites (tertiary alicyclic amines) is 1. The van der Waals surface area contributed by atoms with Gasteiger partial charge in [0.25, 0.3) is 5.91 Å². The average Bonchev–Trinajstić information content (AvgIpc) is 2.69. The highest BCUT2D eigenvalue weighted by Crippen LogP contribution is 2.18. The van der Waals surface area contributed by atoms with Crippen LogP contribution < -0.4 is 10.6 Å². The Morgan fingerprint density at radius 2 is 1.78 bits per heavy atom. The number of carbonyl (C=O) groups is 2. The molecule has 5 heteroatoms. The topological polar surface area (TPSA) is 61.4 Å². The highest BCUT2D eigenvalue weighted by molar-refractivity contribution is 6.04.